The molecule has 0 spiro atoms. The first kappa shape index (κ1) is 20.9. The van der Waals surface area contributed by atoms with Gasteiger partial charge < -0.3 is 20.8 Å². The van der Waals surface area contributed by atoms with Gasteiger partial charge in [0.05, 0.1) is 0 Å². The van der Waals surface area contributed by atoms with Crippen LogP contribution in [0.15, 0.2) is 0 Å². The predicted octanol–water partition coefficient (Wildman–Crippen LogP) is 1.64. The molecule has 0 amide bonds. The van der Waals surface area contributed by atoms with E-state index >= 15 is 0 Å². The summed E-state index contributed by atoms with van der Waals surface area (Å²) in [4.78, 5) is 29.8. The van der Waals surface area contributed by atoms with E-state index in [1.165, 1.54) is 0 Å². The number of carbonyl (C=O) groups is 2. The van der Waals surface area contributed by atoms with Crippen molar-refractivity contribution in [2.75, 3.05) is 12.7 Å². The largest absolute Gasteiger partial charge is 0.490 e. The van der Waals surface area contributed by atoms with Crippen LogP contribution in [0.4, 0.5) is 13.2 Å². The molecule has 0 saturated carbocycles. The molecule has 0 radical (unpaired) electrons. The minimum atomic E-state index is -5.08. The van der Waals surface area contributed by atoms with E-state index in [1.807, 2.05) is 0 Å². The summed E-state index contributed by atoms with van der Waals surface area (Å²) in [5.41, 5.74) is 5.32. The molecule has 0 bridgehead atoms. The average molecular weight is 349 g/mol. The van der Waals surface area contributed by atoms with Gasteiger partial charge in [0.25, 0.3) is 0 Å². The summed E-state index contributed by atoms with van der Waals surface area (Å²) in [7, 11) is -3.52. The van der Waals surface area contributed by atoms with Crippen molar-refractivity contribution in [2.45, 2.75) is 43.4 Å². The Morgan fingerprint density at radius 3 is 2.00 bits per heavy atom. The van der Waals surface area contributed by atoms with Gasteiger partial charge in [-0.05, 0) is 32.2 Å². The van der Waals surface area contributed by atoms with Crippen molar-refractivity contribution in [3.05, 3.63) is 0 Å². The van der Waals surface area contributed by atoms with Crippen LogP contribution in [-0.4, -0.2) is 51.1 Å². The van der Waals surface area contributed by atoms with Crippen molar-refractivity contribution in [2.24, 2.45) is 5.73 Å². The van der Waals surface area contributed by atoms with Crippen LogP contribution in [0.2, 0.25) is 0 Å². The minimum Gasteiger partial charge on any atom is -0.480 e. The summed E-state index contributed by atoms with van der Waals surface area (Å²) in [5.74, 6) is -3.88. The van der Waals surface area contributed by atoms with Gasteiger partial charge in [0, 0.05) is 6.16 Å². The van der Waals surface area contributed by atoms with Gasteiger partial charge in [-0.2, -0.15) is 13.2 Å². The number of rotatable bonds is 5. The first-order valence-electron chi connectivity index (χ1n) is 6.46. The number of halogens is 3. The second-order valence-electron chi connectivity index (χ2n) is 4.91. The number of carboxylic acid groups (broad SMARTS) is 2. The fourth-order valence-electron chi connectivity index (χ4n) is 2.20. The van der Waals surface area contributed by atoms with Crippen LogP contribution in [0.3, 0.4) is 0 Å². The van der Waals surface area contributed by atoms with E-state index in [2.05, 4.69) is 0 Å². The molecule has 7 nitrogen and oxygen atoms in total. The zero-order valence-electron chi connectivity index (χ0n) is 11.7. The highest BCUT2D eigenvalue weighted by atomic mass is 31.2. The lowest BCUT2D eigenvalue weighted by atomic mass is 9.96. The van der Waals surface area contributed by atoms with E-state index < -0.39 is 30.6 Å². The normalized spacial score (nSPS) is 27.9. The zero-order valence-corrected chi connectivity index (χ0v) is 12.6. The molecular formula is C11H19F3NO6P. The van der Waals surface area contributed by atoms with Crippen molar-refractivity contribution in [3.8, 4) is 0 Å². The Morgan fingerprint density at radius 2 is 1.73 bits per heavy atom. The summed E-state index contributed by atoms with van der Waals surface area (Å²) in [6, 6.07) is 0. The highest BCUT2D eigenvalue weighted by Gasteiger charge is 2.56. The van der Waals surface area contributed by atoms with Crippen molar-refractivity contribution in [1.82, 2.24) is 0 Å². The smallest absolute Gasteiger partial charge is 0.480 e. The Kier molecular flexibility index (Phi) is 7.53. The molecule has 1 rings (SSSR count). The lowest BCUT2D eigenvalue weighted by molar-refractivity contribution is -0.192. The van der Waals surface area contributed by atoms with E-state index in [0.29, 0.717) is 32.2 Å². The lowest BCUT2D eigenvalue weighted by Gasteiger charge is -2.27. The van der Waals surface area contributed by atoms with E-state index in [9.17, 15) is 27.4 Å². The number of aliphatic carboxylic acids is 2. The number of hydrogen-bond donors (Lipinski definition) is 4. The van der Waals surface area contributed by atoms with E-state index in [0.717, 1.165) is 0 Å². The van der Waals surface area contributed by atoms with Crippen LogP contribution in [0.25, 0.3) is 0 Å². The summed E-state index contributed by atoms with van der Waals surface area (Å²) >= 11 is 0. The number of alkyl halides is 3. The molecule has 22 heavy (non-hydrogen) atoms. The molecule has 0 aromatic heterocycles. The lowest BCUT2D eigenvalue weighted by Crippen LogP contribution is -2.35. The van der Waals surface area contributed by atoms with Crippen LogP contribution < -0.4 is 5.73 Å². The third-order valence-corrected chi connectivity index (χ3v) is 6.30. The second-order valence-corrected chi connectivity index (χ2v) is 7.62. The number of nitrogens with two attached hydrogens (primary N) is 1. The van der Waals surface area contributed by atoms with Gasteiger partial charge in [-0.3, -0.25) is 9.36 Å². The van der Waals surface area contributed by atoms with Gasteiger partial charge in [0.15, 0.2) is 0 Å². The molecule has 130 valence electrons. The van der Waals surface area contributed by atoms with Crippen LogP contribution in [0.1, 0.15) is 32.1 Å². The highest BCUT2D eigenvalue weighted by Crippen LogP contribution is 2.64. The molecule has 1 fully saturated rings. The maximum atomic E-state index is 11.8. The van der Waals surface area contributed by atoms with Crippen molar-refractivity contribution in [3.63, 3.8) is 0 Å². The third kappa shape index (κ3) is 5.26. The van der Waals surface area contributed by atoms with Crippen LogP contribution >= 0.6 is 7.37 Å². The molecule has 5 N–H and O–H groups in total. The molecule has 0 aromatic rings. The predicted molar refractivity (Wildman–Crippen MR) is 70.9 cm³/mol. The van der Waals surface area contributed by atoms with Gasteiger partial charge in [-0.15, -0.1) is 0 Å². The van der Waals surface area contributed by atoms with Crippen molar-refractivity contribution in [1.29, 1.82) is 0 Å². The van der Waals surface area contributed by atoms with Gasteiger partial charge in [0.2, 0.25) is 7.37 Å². The van der Waals surface area contributed by atoms with Crippen LogP contribution in [-0.2, 0) is 14.2 Å². The second kappa shape index (κ2) is 7.94. The van der Waals surface area contributed by atoms with Gasteiger partial charge in [-0.25, -0.2) is 4.79 Å². The molecule has 1 aliphatic rings. The van der Waals surface area contributed by atoms with Gasteiger partial charge >= 0.3 is 18.1 Å². The quantitative estimate of drug-likeness (QED) is 0.437. The maximum Gasteiger partial charge on any atom is 0.490 e. The maximum absolute atomic E-state index is 11.8. The highest BCUT2D eigenvalue weighted by molar-refractivity contribution is 7.61. The number of unbranched alkanes of at least 4 members (excludes halogenated alkanes) is 1. The molecular weight excluding hydrogens is 330 g/mol. The molecule has 2 atom stereocenters. The number of hydrogen-bond acceptors (Lipinski definition) is 4. The summed E-state index contributed by atoms with van der Waals surface area (Å²) in [5, 5.41) is 14.9. The fraction of sp³-hybridized carbons (Fsp3) is 0.818. The summed E-state index contributed by atoms with van der Waals surface area (Å²) in [6.45, 7) is 0.491. The van der Waals surface area contributed by atoms with E-state index in [1.54, 1.807) is 0 Å². The Labute approximate surface area is 124 Å². The SMILES string of the molecule is NCCCCC1(C(=O)O)CCCP1(=O)O.O=C(O)C(F)(F)F. The molecule has 1 aliphatic heterocycles. The molecule has 0 aliphatic carbocycles. The van der Waals surface area contributed by atoms with E-state index in [4.69, 9.17) is 20.7 Å². The Bertz CT molecular complexity index is 456. The van der Waals surface area contributed by atoms with Crippen LogP contribution in [0.5, 0.6) is 0 Å². The van der Waals surface area contributed by atoms with Crippen LogP contribution in [0, 0.1) is 0 Å². The fourth-order valence-corrected chi connectivity index (χ4v) is 4.53. The van der Waals surface area contributed by atoms with Crippen molar-refractivity contribution >= 4 is 19.3 Å². The monoisotopic (exact) mass is 349 g/mol. The number of carboxylic acids is 2. The Balaban J connectivity index is 0.000000534. The standard InChI is InChI=1S/C9H18NO4P.C2HF3O2/c10-6-2-1-4-9(8(11)12)5-3-7-15(9,13)14;3-2(4,5)1(6)7/h1-7,10H2,(H,11,12)(H,13,14);(H,6,7). The molecule has 2 unspecified atom stereocenters. The first-order chi connectivity index (χ1) is 9.90. The molecule has 11 heteroatoms. The summed E-state index contributed by atoms with van der Waals surface area (Å²) in [6.07, 6.45) is -2.51. The molecule has 0 aromatic carbocycles. The topological polar surface area (TPSA) is 138 Å². The Morgan fingerprint density at radius 1 is 1.23 bits per heavy atom. The molecule has 1 heterocycles. The minimum absolute atomic E-state index is 0.141. The zero-order chi connectivity index (χ0) is 17.6. The average Bonchev–Trinajstić information content (AvgIpc) is 2.65. The van der Waals surface area contributed by atoms with Gasteiger partial charge in [-0.1, -0.05) is 6.42 Å². The first-order valence-corrected chi connectivity index (χ1v) is 8.30. The van der Waals surface area contributed by atoms with Gasteiger partial charge in [0.1, 0.15) is 5.16 Å². The third-order valence-electron chi connectivity index (χ3n) is 3.41. The van der Waals surface area contributed by atoms with Crippen molar-refractivity contribution < 1.29 is 42.4 Å². The summed E-state index contributed by atoms with van der Waals surface area (Å²) < 4.78 is 43.6. The molecule has 1 saturated heterocycles. The Hall–Kier alpha value is -1.12. The van der Waals surface area contributed by atoms with E-state index in [-0.39, 0.29) is 12.6 Å².